The Balaban J connectivity index is 1.30. The number of hydrogen-bond acceptors (Lipinski definition) is 8. The smallest absolute Gasteiger partial charge is 0.277 e. The molecule has 0 radical (unpaired) electrons. The average molecular weight is 420 g/mol. The lowest BCUT2D eigenvalue weighted by atomic mass is 9.79. The molecule has 3 aromatic rings. The predicted octanol–water partition coefficient (Wildman–Crippen LogP) is 0.676. The fraction of sp³-hybridized carbons (Fsp3) is 0.412. The normalized spacial score (nSPS) is 15.7. The van der Waals surface area contributed by atoms with Crippen LogP contribution in [0.2, 0.25) is 0 Å². The molecule has 1 aliphatic carbocycles. The quantitative estimate of drug-likeness (QED) is 0.504. The van der Waals surface area contributed by atoms with E-state index < -0.39 is 11.8 Å². The van der Waals surface area contributed by atoms with E-state index in [-0.39, 0.29) is 55.7 Å². The first kappa shape index (κ1) is 19.7. The summed E-state index contributed by atoms with van der Waals surface area (Å²) in [6.45, 7) is 0.315. The highest BCUT2D eigenvalue weighted by molar-refractivity contribution is 5.95. The van der Waals surface area contributed by atoms with Crippen LogP contribution in [0.3, 0.4) is 0 Å². The third-order valence-corrected chi connectivity index (χ3v) is 4.72. The van der Waals surface area contributed by atoms with Gasteiger partial charge in [-0.15, -0.1) is 0 Å². The van der Waals surface area contributed by atoms with E-state index in [0.29, 0.717) is 16.9 Å². The van der Waals surface area contributed by atoms with Gasteiger partial charge in [-0.2, -0.15) is 5.10 Å². The largest absolute Gasteiger partial charge is 0.379 e. The molecule has 3 aromatic heterocycles. The number of nitrogen functional groups attached to an aromatic ring is 1. The summed E-state index contributed by atoms with van der Waals surface area (Å²) in [6, 6.07) is 1.73. The Morgan fingerprint density at radius 2 is 2.07 bits per heavy atom. The van der Waals surface area contributed by atoms with Gasteiger partial charge in [0.15, 0.2) is 5.65 Å². The summed E-state index contributed by atoms with van der Waals surface area (Å²) >= 11 is 0. The number of carbonyl (C=O) groups is 2. The van der Waals surface area contributed by atoms with Gasteiger partial charge >= 0.3 is 0 Å². The summed E-state index contributed by atoms with van der Waals surface area (Å²) in [5, 5.41) is 16.3. The number of halogens is 2. The monoisotopic (exact) mass is 420 g/mol. The molecule has 30 heavy (non-hydrogen) atoms. The molecule has 11 nitrogen and oxygen atoms in total. The van der Waals surface area contributed by atoms with Crippen LogP contribution in [-0.4, -0.2) is 42.6 Å². The number of rotatable bonds is 7. The number of imidazole rings is 1. The maximum Gasteiger partial charge on any atom is 0.277 e. The second-order valence-electron chi connectivity index (χ2n) is 7.19. The van der Waals surface area contributed by atoms with Crippen LogP contribution in [0.1, 0.15) is 41.0 Å². The van der Waals surface area contributed by atoms with Crippen molar-refractivity contribution in [2.45, 2.75) is 38.3 Å². The maximum atomic E-state index is 12.8. The van der Waals surface area contributed by atoms with Crippen LogP contribution < -0.4 is 16.4 Å². The Morgan fingerprint density at radius 3 is 2.77 bits per heavy atom. The van der Waals surface area contributed by atoms with Gasteiger partial charge in [-0.3, -0.25) is 9.59 Å². The van der Waals surface area contributed by atoms with Gasteiger partial charge in [-0.25, -0.2) is 22.9 Å². The molecule has 13 heteroatoms. The van der Waals surface area contributed by atoms with E-state index in [2.05, 4.69) is 35.7 Å². The highest BCUT2D eigenvalue weighted by Gasteiger charge is 2.45. The van der Waals surface area contributed by atoms with Crippen LogP contribution in [0.4, 0.5) is 14.6 Å². The van der Waals surface area contributed by atoms with Gasteiger partial charge in [-0.05, 0) is 27.9 Å². The second kappa shape index (κ2) is 7.65. The minimum absolute atomic E-state index is 0.0873. The van der Waals surface area contributed by atoms with E-state index >= 15 is 0 Å². The minimum Gasteiger partial charge on any atom is -0.379 e. The lowest BCUT2D eigenvalue weighted by Crippen LogP contribution is -2.38. The summed E-state index contributed by atoms with van der Waals surface area (Å²) in [5.41, 5.74) is 7.12. The van der Waals surface area contributed by atoms with Gasteiger partial charge in [0.25, 0.3) is 5.91 Å². The van der Waals surface area contributed by atoms with Crippen molar-refractivity contribution in [2.75, 3.05) is 5.73 Å². The predicted molar refractivity (Wildman–Crippen MR) is 97.0 cm³/mol. The van der Waals surface area contributed by atoms with E-state index in [1.165, 1.54) is 4.52 Å². The molecule has 0 saturated heterocycles. The molecule has 0 unspecified atom stereocenters. The lowest BCUT2D eigenvalue weighted by Gasteiger charge is -2.34. The van der Waals surface area contributed by atoms with Crippen LogP contribution in [0.15, 0.2) is 23.1 Å². The fourth-order valence-electron chi connectivity index (χ4n) is 3.22. The first-order valence-electron chi connectivity index (χ1n) is 9.13. The summed E-state index contributed by atoms with van der Waals surface area (Å²) in [4.78, 5) is 28.2. The van der Waals surface area contributed by atoms with Crippen molar-refractivity contribution in [1.82, 2.24) is 35.5 Å². The molecule has 1 aliphatic rings. The van der Waals surface area contributed by atoms with Crippen molar-refractivity contribution in [3.63, 3.8) is 0 Å². The maximum absolute atomic E-state index is 12.8. The zero-order valence-electron chi connectivity index (χ0n) is 15.6. The van der Waals surface area contributed by atoms with E-state index in [9.17, 15) is 18.4 Å². The third-order valence-electron chi connectivity index (χ3n) is 4.72. The van der Waals surface area contributed by atoms with Gasteiger partial charge in [0.1, 0.15) is 0 Å². The van der Waals surface area contributed by atoms with Crippen LogP contribution in [-0.2, 0) is 17.9 Å². The number of nitrogens with two attached hydrogens (primary N) is 1. The molecule has 1 saturated carbocycles. The zero-order chi connectivity index (χ0) is 21.3. The highest BCUT2D eigenvalue weighted by atomic mass is 19.3. The molecule has 158 valence electrons. The first-order valence-corrected chi connectivity index (χ1v) is 9.13. The van der Waals surface area contributed by atoms with E-state index in [1.54, 1.807) is 18.5 Å². The Hall–Kier alpha value is -3.64. The molecular weight excluding hydrogens is 402 g/mol. The molecule has 0 aliphatic heterocycles. The molecule has 0 spiro atoms. The van der Waals surface area contributed by atoms with E-state index in [0.717, 1.165) is 0 Å². The molecule has 4 N–H and O–H groups in total. The summed E-state index contributed by atoms with van der Waals surface area (Å²) in [7, 11) is 0. The number of amides is 2. The Bertz CT molecular complexity index is 1090. The number of nitrogens with one attached hydrogen (secondary N) is 2. The number of carbonyl (C=O) groups excluding carboxylic acids is 2. The molecule has 0 bridgehead atoms. The van der Waals surface area contributed by atoms with Gasteiger partial charge < -0.3 is 16.4 Å². The second-order valence-corrected chi connectivity index (χ2v) is 7.19. The number of hydrogen-bond donors (Lipinski definition) is 3. The van der Waals surface area contributed by atoms with Gasteiger partial charge in [0, 0.05) is 25.8 Å². The van der Waals surface area contributed by atoms with Crippen LogP contribution in [0.5, 0.6) is 0 Å². The summed E-state index contributed by atoms with van der Waals surface area (Å²) in [6.07, 6.45) is 2.82. The van der Waals surface area contributed by atoms with E-state index in [4.69, 9.17) is 5.73 Å². The van der Waals surface area contributed by atoms with Crippen LogP contribution in [0.25, 0.3) is 5.65 Å². The minimum atomic E-state index is -2.63. The van der Waals surface area contributed by atoms with Crippen molar-refractivity contribution in [3.8, 4) is 0 Å². The van der Waals surface area contributed by atoms with Crippen LogP contribution >= 0.6 is 0 Å². The van der Waals surface area contributed by atoms with Gasteiger partial charge in [0.2, 0.25) is 23.3 Å². The number of anilines is 1. The SMILES string of the molecule is Nc1nonc1C(=O)NCc1cn2ncc(CNC(=O)CC3CC(F)(F)C3)cc2n1. The molecule has 0 atom stereocenters. The molecule has 0 aromatic carbocycles. The van der Waals surface area contributed by atoms with Crippen molar-refractivity contribution in [3.05, 3.63) is 35.4 Å². The topological polar surface area (TPSA) is 153 Å². The first-order chi connectivity index (χ1) is 14.3. The zero-order valence-corrected chi connectivity index (χ0v) is 15.6. The number of nitrogens with zero attached hydrogens (tertiary/aromatic N) is 5. The Morgan fingerprint density at radius 1 is 1.27 bits per heavy atom. The Labute approximate surface area is 168 Å². The van der Waals surface area contributed by atoms with Gasteiger partial charge in [0.05, 0.1) is 24.6 Å². The van der Waals surface area contributed by atoms with Crippen molar-refractivity contribution in [1.29, 1.82) is 0 Å². The lowest BCUT2D eigenvalue weighted by molar-refractivity contribution is -0.133. The Kier molecular flexibility index (Phi) is 5.01. The molecule has 1 fully saturated rings. The van der Waals surface area contributed by atoms with E-state index in [1.807, 2.05) is 0 Å². The van der Waals surface area contributed by atoms with Crippen molar-refractivity contribution < 1.29 is 23.0 Å². The van der Waals surface area contributed by atoms with Crippen molar-refractivity contribution >= 4 is 23.3 Å². The van der Waals surface area contributed by atoms with Crippen LogP contribution in [0, 0.1) is 5.92 Å². The third kappa shape index (κ3) is 4.34. The number of fused-ring (bicyclic) bond motifs is 1. The fourth-order valence-corrected chi connectivity index (χ4v) is 3.22. The number of alkyl halides is 2. The molecule has 2 amide bonds. The van der Waals surface area contributed by atoms with Crippen molar-refractivity contribution in [2.24, 2.45) is 5.92 Å². The molecular formula is C17H18F2N8O3. The summed E-state index contributed by atoms with van der Waals surface area (Å²) < 4.78 is 31.6. The number of aromatic nitrogens is 5. The molecule has 3 heterocycles. The summed E-state index contributed by atoms with van der Waals surface area (Å²) in [5.74, 6) is -3.83. The standard InChI is InChI=1S/C17H18F2N8O3/c18-17(19)3-9(4-17)2-13(28)21-5-10-1-12-24-11(8-27(12)23-6-10)7-22-16(29)14-15(20)26-30-25-14/h1,6,8-9H,2-5,7H2,(H2,20,26)(H,21,28)(H,22,29). The average Bonchev–Trinajstić information content (AvgIpc) is 3.28. The van der Waals surface area contributed by atoms with Gasteiger partial charge in [-0.1, -0.05) is 0 Å². The highest BCUT2D eigenvalue weighted by Crippen LogP contribution is 2.43. The molecule has 4 rings (SSSR count).